The second-order valence-corrected chi connectivity index (χ2v) is 5.00. The van der Waals surface area contributed by atoms with Gasteiger partial charge < -0.3 is 5.32 Å². The number of amides is 1. The van der Waals surface area contributed by atoms with E-state index < -0.39 is 0 Å². The second-order valence-electron chi connectivity index (χ2n) is 4.09. The lowest BCUT2D eigenvalue weighted by atomic mass is 10.2. The molecule has 0 aromatic heterocycles. The number of carbonyl (C=O) groups is 1. The third-order valence-corrected chi connectivity index (χ3v) is 3.14. The molecule has 0 aliphatic heterocycles. The van der Waals surface area contributed by atoms with Gasteiger partial charge in [0.1, 0.15) is 0 Å². The topological polar surface area (TPSA) is 29.1 Å². The van der Waals surface area contributed by atoms with Gasteiger partial charge >= 0.3 is 0 Å². The molecule has 0 heterocycles. The minimum absolute atomic E-state index is 0.0910. The Hall–Kier alpha value is -1.87. The first-order chi connectivity index (χ1) is 9.24. The van der Waals surface area contributed by atoms with E-state index in [0.29, 0.717) is 6.54 Å². The molecule has 3 heteroatoms. The molecule has 0 spiro atoms. The molecule has 2 aromatic carbocycles. The second kappa shape index (κ2) is 6.90. The molecule has 0 radical (unpaired) electrons. The third-order valence-electron chi connectivity index (χ3n) is 2.61. The van der Waals surface area contributed by atoms with E-state index in [1.165, 1.54) is 0 Å². The van der Waals surface area contributed by atoms with Gasteiger partial charge in [-0.2, -0.15) is 0 Å². The van der Waals surface area contributed by atoms with Crippen LogP contribution in [0.3, 0.4) is 0 Å². The minimum Gasteiger partial charge on any atom is -0.348 e. The van der Waals surface area contributed by atoms with Gasteiger partial charge in [-0.3, -0.25) is 4.79 Å². The van der Waals surface area contributed by atoms with Gasteiger partial charge in [0.05, 0.1) is 0 Å². The van der Waals surface area contributed by atoms with Gasteiger partial charge in [-0.1, -0.05) is 58.4 Å². The first-order valence-corrected chi connectivity index (χ1v) is 6.79. The van der Waals surface area contributed by atoms with Crippen molar-refractivity contribution in [3.05, 3.63) is 76.3 Å². The molecule has 0 bridgehead atoms. The van der Waals surface area contributed by atoms with Crippen LogP contribution < -0.4 is 5.32 Å². The highest BCUT2D eigenvalue weighted by Crippen LogP contribution is 2.11. The summed E-state index contributed by atoms with van der Waals surface area (Å²) in [6.07, 6.45) is 3.35. The van der Waals surface area contributed by atoms with Crippen molar-refractivity contribution in [3.8, 4) is 0 Å². The lowest BCUT2D eigenvalue weighted by Crippen LogP contribution is -2.20. The molecule has 0 saturated heterocycles. The van der Waals surface area contributed by atoms with E-state index in [2.05, 4.69) is 21.2 Å². The van der Waals surface area contributed by atoms with Gasteiger partial charge in [0.15, 0.2) is 0 Å². The van der Waals surface area contributed by atoms with Crippen molar-refractivity contribution < 1.29 is 4.79 Å². The Kier molecular flexibility index (Phi) is 4.93. The van der Waals surface area contributed by atoms with E-state index in [4.69, 9.17) is 0 Å². The molecule has 1 amide bonds. The van der Waals surface area contributed by atoms with Gasteiger partial charge in [-0.05, 0) is 29.3 Å². The summed E-state index contributed by atoms with van der Waals surface area (Å²) in [7, 11) is 0. The maximum Gasteiger partial charge on any atom is 0.244 e. The Bertz CT molecular complexity index is 561. The van der Waals surface area contributed by atoms with Crippen molar-refractivity contribution in [2.75, 3.05) is 0 Å². The Morgan fingerprint density at radius 1 is 1.05 bits per heavy atom. The minimum atomic E-state index is -0.0910. The molecule has 2 rings (SSSR count). The molecule has 96 valence electrons. The summed E-state index contributed by atoms with van der Waals surface area (Å²) in [5.41, 5.74) is 2.09. The fourth-order valence-corrected chi connectivity index (χ4v) is 1.85. The molecular formula is C16H14BrNO. The molecule has 0 saturated carbocycles. The number of hydrogen-bond acceptors (Lipinski definition) is 1. The van der Waals surface area contributed by atoms with Crippen LogP contribution in [0.2, 0.25) is 0 Å². The van der Waals surface area contributed by atoms with Crippen LogP contribution in [0.5, 0.6) is 0 Å². The Morgan fingerprint density at radius 3 is 2.42 bits per heavy atom. The summed E-state index contributed by atoms with van der Waals surface area (Å²) in [5.74, 6) is -0.0910. The average Bonchev–Trinajstić information content (AvgIpc) is 2.45. The van der Waals surface area contributed by atoms with Crippen LogP contribution >= 0.6 is 15.9 Å². The summed E-state index contributed by atoms with van der Waals surface area (Å²) in [6.45, 7) is 0.546. The lowest BCUT2D eigenvalue weighted by Gasteiger charge is -2.01. The van der Waals surface area contributed by atoms with Gasteiger partial charge in [0.2, 0.25) is 5.91 Å². The molecule has 0 aliphatic rings. The van der Waals surface area contributed by atoms with Crippen LogP contribution in [0.25, 0.3) is 6.08 Å². The SMILES string of the molecule is O=C(/C=C\c1ccc(Br)cc1)NCc1ccccc1. The summed E-state index contributed by atoms with van der Waals surface area (Å²) in [6, 6.07) is 17.6. The molecular weight excluding hydrogens is 302 g/mol. The predicted octanol–water partition coefficient (Wildman–Crippen LogP) is 3.78. The maximum atomic E-state index is 11.6. The molecule has 2 nitrogen and oxygen atoms in total. The van der Waals surface area contributed by atoms with Crippen molar-refractivity contribution in [1.29, 1.82) is 0 Å². The first kappa shape index (κ1) is 13.6. The van der Waals surface area contributed by atoms with Crippen molar-refractivity contribution in [1.82, 2.24) is 5.32 Å². The maximum absolute atomic E-state index is 11.6. The van der Waals surface area contributed by atoms with Crippen LogP contribution in [0.1, 0.15) is 11.1 Å². The quantitative estimate of drug-likeness (QED) is 0.855. The highest BCUT2D eigenvalue weighted by atomic mass is 79.9. The van der Waals surface area contributed by atoms with Crippen LogP contribution in [0.4, 0.5) is 0 Å². The van der Waals surface area contributed by atoms with Crippen molar-refractivity contribution >= 4 is 27.9 Å². The van der Waals surface area contributed by atoms with Gasteiger partial charge in [0.25, 0.3) is 0 Å². The molecule has 0 aliphatic carbocycles. The van der Waals surface area contributed by atoms with E-state index in [9.17, 15) is 4.79 Å². The predicted molar refractivity (Wildman–Crippen MR) is 81.5 cm³/mol. The van der Waals surface area contributed by atoms with Crippen molar-refractivity contribution in [2.24, 2.45) is 0 Å². The van der Waals surface area contributed by atoms with Crippen molar-refractivity contribution in [3.63, 3.8) is 0 Å². The molecule has 19 heavy (non-hydrogen) atoms. The number of rotatable bonds is 4. The molecule has 0 fully saturated rings. The van der Waals surface area contributed by atoms with Gasteiger partial charge in [-0.15, -0.1) is 0 Å². The smallest absolute Gasteiger partial charge is 0.244 e. The fourth-order valence-electron chi connectivity index (χ4n) is 1.59. The first-order valence-electron chi connectivity index (χ1n) is 5.99. The average molecular weight is 316 g/mol. The van der Waals surface area contributed by atoms with Crippen LogP contribution in [-0.4, -0.2) is 5.91 Å². The zero-order valence-electron chi connectivity index (χ0n) is 10.3. The summed E-state index contributed by atoms with van der Waals surface area (Å²) >= 11 is 3.37. The van der Waals surface area contributed by atoms with Crippen LogP contribution in [0.15, 0.2) is 65.1 Å². The number of halogens is 1. The van der Waals surface area contributed by atoms with E-state index in [1.54, 1.807) is 12.2 Å². The molecule has 2 aromatic rings. The summed E-state index contributed by atoms with van der Waals surface area (Å²) in [4.78, 5) is 11.6. The lowest BCUT2D eigenvalue weighted by molar-refractivity contribution is -0.116. The highest BCUT2D eigenvalue weighted by Gasteiger charge is 1.96. The van der Waals surface area contributed by atoms with Gasteiger partial charge in [0, 0.05) is 17.1 Å². The standard InChI is InChI=1S/C16H14BrNO/c17-15-9-6-13(7-10-15)8-11-16(19)18-12-14-4-2-1-3-5-14/h1-11H,12H2,(H,18,19)/b11-8-. The highest BCUT2D eigenvalue weighted by molar-refractivity contribution is 9.10. The number of nitrogens with one attached hydrogen (secondary N) is 1. The number of benzene rings is 2. The van der Waals surface area contributed by atoms with E-state index in [0.717, 1.165) is 15.6 Å². The van der Waals surface area contributed by atoms with E-state index >= 15 is 0 Å². The number of hydrogen-bond donors (Lipinski definition) is 1. The Labute approximate surface area is 121 Å². The number of carbonyl (C=O) groups excluding carboxylic acids is 1. The monoisotopic (exact) mass is 315 g/mol. The molecule has 1 N–H and O–H groups in total. The van der Waals surface area contributed by atoms with Crippen LogP contribution in [-0.2, 0) is 11.3 Å². The van der Waals surface area contributed by atoms with E-state index in [-0.39, 0.29) is 5.91 Å². The largest absolute Gasteiger partial charge is 0.348 e. The third kappa shape index (κ3) is 4.72. The zero-order chi connectivity index (χ0) is 13.5. The fraction of sp³-hybridized carbons (Fsp3) is 0.0625. The normalized spacial score (nSPS) is 10.6. The zero-order valence-corrected chi connectivity index (χ0v) is 11.9. The summed E-state index contributed by atoms with van der Waals surface area (Å²) in [5, 5.41) is 2.85. The van der Waals surface area contributed by atoms with Crippen LogP contribution in [0, 0.1) is 0 Å². The van der Waals surface area contributed by atoms with E-state index in [1.807, 2.05) is 54.6 Å². The van der Waals surface area contributed by atoms with Gasteiger partial charge in [-0.25, -0.2) is 0 Å². The Balaban J connectivity index is 1.86. The summed E-state index contributed by atoms with van der Waals surface area (Å²) < 4.78 is 1.03. The Morgan fingerprint density at radius 2 is 1.74 bits per heavy atom. The molecule has 0 unspecified atom stereocenters. The molecule has 0 atom stereocenters. The van der Waals surface area contributed by atoms with Crippen molar-refractivity contribution in [2.45, 2.75) is 6.54 Å².